The maximum absolute atomic E-state index is 12.7. The average molecular weight is 332 g/mol. The highest BCUT2D eigenvalue weighted by atomic mass is 16.5. The normalized spacial score (nSPS) is 32.1. The number of methoxy groups -OCH3 is 1. The number of amides is 2. The van der Waals surface area contributed by atoms with Crippen molar-refractivity contribution in [1.29, 1.82) is 0 Å². The Bertz CT molecular complexity index is 701. The van der Waals surface area contributed by atoms with Crippen molar-refractivity contribution in [2.24, 2.45) is 11.8 Å². The van der Waals surface area contributed by atoms with Gasteiger partial charge < -0.3 is 9.84 Å². The molecule has 1 aromatic carbocycles. The molecule has 7 heteroatoms. The second-order valence-corrected chi connectivity index (χ2v) is 6.33. The molecule has 0 aromatic heterocycles. The van der Waals surface area contributed by atoms with Crippen molar-refractivity contribution in [2.75, 3.05) is 13.7 Å². The molecule has 24 heavy (non-hydrogen) atoms. The molecule has 7 nitrogen and oxygen atoms in total. The molecule has 1 aromatic rings. The van der Waals surface area contributed by atoms with Gasteiger partial charge in [0.15, 0.2) is 0 Å². The topological polar surface area (TPSA) is 95.9 Å². The summed E-state index contributed by atoms with van der Waals surface area (Å²) in [5.74, 6) is -2.59. The molecule has 2 aliphatic heterocycles. The van der Waals surface area contributed by atoms with E-state index in [4.69, 9.17) is 4.74 Å². The van der Waals surface area contributed by atoms with E-state index in [1.807, 2.05) is 0 Å². The van der Waals surface area contributed by atoms with Crippen LogP contribution in [0.5, 0.6) is 5.75 Å². The van der Waals surface area contributed by atoms with Crippen LogP contribution in [0, 0.1) is 11.8 Å². The van der Waals surface area contributed by atoms with Gasteiger partial charge in [0, 0.05) is 12.6 Å². The van der Waals surface area contributed by atoms with Crippen LogP contribution >= 0.6 is 0 Å². The number of carbonyl (C=O) groups is 3. The van der Waals surface area contributed by atoms with Crippen molar-refractivity contribution in [1.82, 2.24) is 10.2 Å². The maximum Gasteiger partial charge on any atom is 0.326 e. The zero-order valence-corrected chi connectivity index (χ0v) is 13.8. The van der Waals surface area contributed by atoms with Crippen molar-refractivity contribution >= 4 is 17.8 Å². The summed E-state index contributed by atoms with van der Waals surface area (Å²) in [6.07, 6.45) is 0. The third-order valence-corrected chi connectivity index (χ3v) is 5.06. The highest BCUT2D eigenvalue weighted by molar-refractivity contribution is 6.09. The van der Waals surface area contributed by atoms with Crippen molar-refractivity contribution in [2.45, 2.75) is 25.4 Å². The molecule has 0 aliphatic carbocycles. The van der Waals surface area contributed by atoms with Crippen molar-refractivity contribution in [3.63, 3.8) is 0 Å². The van der Waals surface area contributed by atoms with Crippen molar-refractivity contribution < 1.29 is 24.2 Å². The molecule has 2 N–H and O–H groups in total. The second-order valence-electron chi connectivity index (χ2n) is 6.33. The van der Waals surface area contributed by atoms with Crippen LogP contribution in [0.3, 0.4) is 0 Å². The summed E-state index contributed by atoms with van der Waals surface area (Å²) in [6.45, 7) is 3.60. The molecule has 2 heterocycles. The highest BCUT2D eigenvalue weighted by Crippen LogP contribution is 2.48. The number of phenolic OH excluding ortho intramolecular Hbond substituents is 1. The summed E-state index contributed by atoms with van der Waals surface area (Å²) in [5, 5.41) is 12.6. The van der Waals surface area contributed by atoms with Crippen LogP contribution in [0.4, 0.5) is 0 Å². The predicted octanol–water partition coefficient (Wildman–Crippen LogP) is 0.589. The third-order valence-electron chi connectivity index (χ3n) is 5.06. The van der Waals surface area contributed by atoms with Gasteiger partial charge >= 0.3 is 5.97 Å². The number of rotatable bonds is 3. The molecule has 2 fully saturated rings. The number of likely N-dealkylation sites (tertiary alicyclic amines) is 1. The molecular formula is C17H20N2O5. The first-order valence-electron chi connectivity index (χ1n) is 7.85. The minimum Gasteiger partial charge on any atom is -0.508 e. The number of carbonyl (C=O) groups excluding carboxylic acids is 3. The Balaban J connectivity index is 2.09. The van der Waals surface area contributed by atoms with Crippen LogP contribution in [0.15, 0.2) is 24.3 Å². The van der Waals surface area contributed by atoms with Crippen molar-refractivity contribution in [3.05, 3.63) is 29.8 Å². The second kappa shape index (κ2) is 5.59. The lowest BCUT2D eigenvalue weighted by molar-refractivity contribution is -0.153. The summed E-state index contributed by atoms with van der Waals surface area (Å²) in [5.41, 5.74) is -0.548. The number of fused-ring (bicyclic) bond motifs is 1. The van der Waals surface area contributed by atoms with Gasteiger partial charge in [-0.05, 0) is 31.5 Å². The number of phenols is 1. The third kappa shape index (κ3) is 2.11. The Labute approximate surface area is 139 Å². The van der Waals surface area contributed by atoms with Gasteiger partial charge in [-0.25, -0.2) is 0 Å². The van der Waals surface area contributed by atoms with Crippen LogP contribution in [0.25, 0.3) is 0 Å². The molecular weight excluding hydrogens is 312 g/mol. The summed E-state index contributed by atoms with van der Waals surface area (Å²) in [4.78, 5) is 39.0. The van der Waals surface area contributed by atoms with Gasteiger partial charge in [-0.15, -0.1) is 0 Å². The zero-order valence-electron chi connectivity index (χ0n) is 13.8. The van der Waals surface area contributed by atoms with E-state index in [9.17, 15) is 19.5 Å². The molecule has 2 aliphatic rings. The number of nitrogens with zero attached hydrogens (tertiary/aromatic N) is 1. The number of ether oxygens (including phenoxy) is 1. The largest absolute Gasteiger partial charge is 0.508 e. The molecule has 0 radical (unpaired) electrons. The number of hydrogen-bond donors (Lipinski definition) is 2. The first-order valence-corrected chi connectivity index (χ1v) is 7.85. The van der Waals surface area contributed by atoms with E-state index in [1.54, 1.807) is 26.0 Å². The van der Waals surface area contributed by atoms with Gasteiger partial charge in [-0.3, -0.25) is 24.6 Å². The van der Waals surface area contributed by atoms with Gasteiger partial charge in [-0.2, -0.15) is 0 Å². The van der Waals surface area contributed by atoms with Crippen LogP contribution in [0.1, 0.15) is 25.5 Å². The lowest BCUT2D eigenvalue weighted by atomic mass is 9.80. The van der Waals surface area contributed by atoms with Gasteiger partial charge in [0.1, 0.15) is 11.3 Å². The van der Waals surface area contributed by atoms with Crippen LogP contribution < -0.4 is 5.32 Å². The summed E-state index contributed by atoms with van der Waals surface area (Å²) >= 11 is 0. The monoisotopic (exact) mass is 332 g/mol. The van der Waals surface area contributed by atoms with Gasteiger partial charge in [-0.1, -0.05) is 12.1 Å². The smallest absolute Gasteiger partial charge is 0.326 e. The lowest BCUT2D eigenvalue weighted by Crippen LogP contribution is -2.53. The average Bonchev–Trinajstić information content (AvgIpc) is 3.02. The van der Waals surface area contributed by atoms with E-state index in [-0.39, 0.29) is 24.1 Å². The van der Waals surface area contributed by atoms with Crippen molar-refractivity contribution in [3.8, 4) is 5.75 Å². The number of nitrogens with one attached hydrogen (secondary N) is 1. The molecule has 2 amide bonds. The van der Waals surface area contributed by atoms with E-state index in [2.05, 4.69) is 5.32 Å². The number of benzene rings is 1. The standard InChI is InChI=1S/C17H20N2O5/c1-4-19-14(21)11-12(15(19)22)17(2,16(23)24-3)18-13(11)9-5-7-10(20)8-6-9/h5-8,11-13,18,20H,4H2,1-3H3/t11-,12-,13-,17-/m0/s1. The molecule has 3 rings (SSSR count). The molecule has 0 unspecified atom stereocenters. The van der Waals surface area contributed by atoms with Crippen LogP contribution in [-0.4, -0.2) is 47.0 Å². The van der Waals surface area contributed by atoms with E-state index in [0.29, 0.717) is 0 Å². The summed E-state index contributed by atoms with van der Waals surface area (Å²) in [6, 6.07) is 5.88. The SMILES string of the molecule is CCN1C(=O)[C@H]2[C@@H](C1=O)[C@@](C)(C(=O)OC)N[C@H]2c1ccc(O)cc1. The Hall–Kier alpha value is -2.41. The summed E-state index contributed by atoms with van der Waals surface area (Å²) < 4.78 is 4.88. The Morgan fingerprint density at radius 2 is 1.92 bits per heavy atom. The van der Waals surface area contributed by atoms with Gasteiger partial charge in [0.05, 0.1) is 18.9 Å². The molecule has 0 bridgehead atoms. The van der Waals surface area contributed by atoms with Crippen LogP contribution in [-0.2, 0) is 19.1 Å². The number of imide groups is 1. The van der Waals surface area contributed by atoms with E-state index < -0.39 is 29.4 Å². The fourth-order valence-electron chi connectivity index (χ4n) is 3.88. The van der Waals surface area contributed by atoms with E-state index in [0.717, 1.165) is 5.56 Å². The van der Waals surface area contributed by atoms with Gasteiger partial charge in [0.25, 0.3) is 0 Å². The van der Waals surface area contributed by atoms with Gasteiger partial charge in [0.2, 0.25) is 11.8 Å². The first kappa shape index (κ1) is 16.4. The Morgan fingerprint density at radius 3 is 2.46 bits per heavy atom. The fourth-order valence-corrected chi connectivity index (χ4v) is 3.88. The summed E-state index contributed by atoms with van der Waals surface area (Å²) in [7, 11) is 1.26. The van der Waals surface area contributed by atoms with Crippen LogP contribution in [0.2, 0.25) is 0 Å². The molecule has 0 saturated carbocycles. The minimum atomic E-state index is -1.28. The molecule has 128 valence electrons. The molecule has 2 saturated heterocycles. The Morgan fingerprint density at radius 1 is 1.29 bits per heavy atom. The number of hydrogen-bond acceptors (Lipinski definition) is 6. The predicted molar refractivity (Wildman–Crippen MR) is 83.8 cm³/mol. The first-order chi connectivity index (χ1) is 11.3. The minimum absolute atomic E-state index is 0.105. The fraction of sp³-hybridized carbons (Fsp3) is 0.471. The number of esters is 1. The zero-order chi connectivity index (χ0) is 17.6. The Kier molecular flexibility index (Phi) is 3.83. The molecule has 4 atom stereocenters. The highest BCUT2D eigenvalue weighted by Gasteiger charge is 2.66. The quantitative estimate of drug-likeness (QED) is 0.621. The van der Waals surface area contributed by atoms with E-state index in [1.165, 1.54) is 24.1 Å². The lowest BCUT2D eigenvalue weighted by Gasteiger charge is -2.28. The molecule has 0 spiro atoms. The maximum atomic E-state index is 12.7. The van der Waals surface area contributed by atoms with E-state index >= 15 is 0 Å². The number of aromatic hydroxyl groups is 1.